The number of hydrogen-bond donors (Lipinski definition) is 2. The summed E-state index contributed by atoms with van der Waals surface area (Å²) >= 11 is 0. The molecule has 0 aromatic heterocycles. The van der Waals surface area contributed by atoms with Crippen molar-refractivity contribution in [1.82, 2.24) is 5.32 Å². The molecule has 0 spiro atoms. The summed E-state index contributed by atoms with van der Waals surface area (Å²) in [6, 6.07) is 4.71. The van der Waals surface area contributed by atoms with Crippen LogP contribution in [0.25, 0.3) is 0 Å². The number of aryl methyl sites for hydroxylation is 1. The summed E-state index contributed by atoms with van der Waals surface area (Å²) < 4.78 is 25.8. The fourth-order valence-electron chi connectivity index (χ4n) is 1.68. The predicted molar refractivity (Wildman–Crippen MR) is 69.4 cm³/mol. The van der Waals surface area contributed by atoms with Gasteiger partial charge in [0.05, 0.1) is 0 Å². The van der Waals surface area contributed by atoms with Gasteiger partial charge >= 0.3 is 5.97 Å². The monoisotopic (exact) mass is 285 g/mol. The van der Waals surface area contributed by atoms with Crippen LogP contribution < -0.4 is 5.32 Å². The van der Waals surface area contributed by atoms with Crippen LogP contribution in [-0.4, -0.2) is 29.7 Å². The number of hydrogen-bond acceptors (Lipinski definition) is 2. The van der Waals surface area contributed by atoms with Gasteiger partial charge in [0.25, 0.3) is 0 Å². The van der Waals surface area contributed by atoms with Gasteiger partial charge in [-0.2, -0.15) is 0 Å². The van der Waals surface area contributed by atoms with Crippen molar-refractivity contribution in [3.05, 3.63) is 35.6 Å². The standard InChI is InChI=1S/C14H17F2NO3/c1-9(13(18)17-12(8-15)14(19)20)6-7-10-4-2-3-5-11(10)16/h2-5,9,12H,6-8H2,1H3,(H,17,18)(H,19,20). The molecule has 2 N–H and O–H groups in total. The molecule has 1 amide bonds. The van der Waals surface area contributed by atoms with Crippen LogP contribution in [0.4, 0.5) is 8.78 Å². The zero-order valence-corrected chi connectivity index (χ0v) is 11.1. The molecular formula is C14H17F2NO3. The first kappa shape index (κ1) is 16.1. The lowest BCUT2D eigenvalue weighted by Crippen LogP contribution is -2.44. The first-order chi connectivity index (χ1) is 9.45. The number of rotatable bonds is 7. The number of carboxylic acids is 1. The molecule has 0 radical (unpaired) electrons. The lowest BCUT2D eigenvalue weighted by atomic mass is 10.00. The highest BCUT2D eigenvalue weighted by Gasteiger charge is 2.22. The maximum absolute atomic E-state index is 13.4. The topological polar surface area (TPSA) is 66.4 Å². The minimum atomic E-state index is -1.53. The Morgan fingerprint density at radius 2 is 2.00 bits per heavy atom. The first-order valence-electron chi connectivity index (χ1n) is 6.28. The summed E-state index contributed by atoms with van der Waals surface area (Å²) in [5, 5.41) is 10.8. The molecule has 0 bridgehead atoms. The van der Waals surface area contributed by atoms with Crippen molar-refractivity contribution in [2.24, 2.45) is 5.92 Å². The van der Waals surface area contributed by atoms with Gasteiger partial charge in [-0.3, -0.25) is 4.79 Å². The van der Waals surface area contributed by atoms with Gasteiger partial charge in [-0.25, -0.2) is 13.6 Å². The number of nitrogens with one attached hydrogen (secondary N) is 1. The minimum Gasteiger partial charge on any atom is -0.480 e. The Hall–Kier alpha value is -1.98. The zero-order chi connectivity index (χ0) is 15.1. The summed E-state index contributed by atoms with van der Waals surface area (Å²) in [6.45, 7) is 0.425. The Bertz CT molecular complexity index is 479. The van der Waals surface area contributed by atoms with Gasteiger partial charge < -0.3 is 10.4 Å². The van der Waals surface area contributed by atoms with Gasteiger partial charge in [-0.15, -0.1) is 0 Å². The Kier molecular flexibility index (Phi) is 6.09. The first-order valence-corrected chi connectivity index (χ1v) is 6.28. The largest absolute Gasteiger partial charge is 0.480 e. The Labute approximate surface area is 115 Å². The van der Waals surface area contributed by atoms with Crippen LogP contribution in [0.2, 0.25) is 0 Å². The van der Waals surface area contributed by atoms with E-state index in [0.717, 1.165) is 0 Å². The van der Waals surface area contributed by atoms with E-state index in [1.54, 1.807) is 25.1 Å². The van der Waals surface area contributed by atoms with Crippen molar-refractivity contribution in [2.75, 3.05) is 6.67 Å². The van der Waals surface area contributed by atoms with E-state index in [1.807, 2.05) is 0 Å². The molecule has 1 aromatic rings. The van der Waals surface area contributed by atoms with E-state index >= 15 is 0 Å². The average Bonchev–Trinajstić information content (AvgIpc) is 2.42. The maximum atomic E-state index is 13.4. The molecule has 2 atom stereocenters. The van der Waals surface area contributed by atoms with Crippen molar-refractivity contribution in [2.45, 2.75) is 25.8 Å². The molecule has 4 nitrogen and oxygen atoms in total. The highest BCUT2D eigenvalue weighted by Crippen LogP contribution is 2.13. The molecule has 0 aliphatic rings. The van der Waals surface area contributed by atoms with Gasteiger partial charge in [0.1, 0.15) is 12.5 Å². The number of alkyl halides is 1. The van der Waals surface area contributed by atoms with Crippen LogP contribution in [0.1, 0.15) is 18.9 Å². The molecule has 1 rings (SSSR count). The smallest absolute Gasteiger partial charge is 0.328 e. The van der Waals surface area contributed by atoms with Crippen LogP contribution in [-0.2, 0) is 16.0 Å². The third-order valence-electron chi connectivity index (χ3n) is 3.02. The summed E-state index contributed by atoms with van der Waals surface area (Å²) in [5.74, 6) is -2.83. The van der Waals surface area contributed by atoms with Crippen LogP contribution >= 0.6 is 0 Å². The second-order valence-corrected chi connectivity index (χ2v) is 4.58. The average molecular weight is 285 g/mol. The van der Waals surface area contributed by atoms with Crippen molar-refractivity contribution < 1.29 is 23.5 Å². The van der Waals surface area contributed by atoms with E-state index in [1.165, 1.54) is 6.07 Å². The van der Waals surface area contributed by atoms with Gasteiger partial charge in [0.15, 0.2) is 6.04 Å². The molecule has 0 saturated carbocycles. The number of carbonyl (C=O) groups is 2. The molecule has 0 aliphatic heterocycles. The van der Waals surface area contributed by atoms with Crippen LogP contribution in [0.15, 0.2) is 24.3 Å². The quantitative estimate of drug-likeness (QED) is 0.804. The molecule has 110 valence electrons. The highest BCUT2D eigenvalue weighted by atomic mass is 19.1. The van der Waals surface area contributed by atoms with Gasteiger partial charge in [0, 0.05) is 5.92 Å². The molecule has 2 unspecified atom stereocenters. The van der Waals surface area contributed by atoms with Crippen molar-refractivity contribution in [3.8, 4) is 0 Å². The van der Waals surface area contributed by atoms with E-state index in [9.17, 15) is 18.4 Å². The second kappa shape index (κ2) is 7.57. The highest BCUT2D eigenvalue weighted by molar-refractivity contribution is 5.84. The van der Waals surface area contributed by atoms with Gasteiger partial charge in [-0.05, 0) is 24.5 Å². The van der Waals surface area contributed by atoms with E-state index in [4.69, 9.17) is 5.11 Å². The van der Waals surface area contributed by atoms with Crippen LogP contribution in [0.5, 0.6) is 0 Å². The lowest BCUT2D eigenvalue weighted by Gasteiger charge is -2.15. The predicted octanol–water partition coefficient (Wildman–Crippen LogP) is 1.93. The summed E-state index contributed by atoms with van der Waals surface area (Å²) in [7, 11) is 0. The third kappa shape index (κ3) is 4.60. The fourth-order valence-corrected chi connectivity index (χ4v) is 1.68. The van der Waals surface area contributed by atoms with Crippen molar-refractivity contribution in [3.63, 3.8) is 0 Å². The summed E-state index contributed by atoms with van der Waals surface area (Å²) in [6.07, 6.45) is 0.708. The maximum Gasteiger partial charge on any atom is 0.328 e. The number of benzene rings is 1. The molecule has 0 saturated heterocycles. The van der Waals surface area contributed by atoms with E-state index in [-0.39, 0.29) is 5.82 Å². The Morgan fingerprint density at radius 3 is 2.55 bits per heavy atom. The minimum absolute atomic E-state index is 0.340. The zero-order valence-electron chi connectivity index (χ0n) is 11.1. The van der Waals surface area contributed by atoms with Crippen LogP contribution in [0, 0.1) is 11.7 Å². The molecule has 0 fully saturated rings. The van der Waals surface area contributed by atoms with Crippen molar-refractivity contribution in [1.29, 1.82) is 0 Å². The number of aliphatic carboxylic acids is 1. The third-order valence-corrected chi connectivity index (χ3v) is 3.02. The van der Waals surface area contributed by atoms with E-state index in [0.29, 0.717) is 18.4 Å². The van der Waals surface area contributed by atoms with Crippen molar-refractivity contribution >= 4 is 11.9 Å². The number of carboxylic acid groups (broad SMARTS) is 1. The molecule has 0 aliphatic carbocycles. The van der Waals surface area contributed by atoms with Crippen LogP contribution in [0.3, 0.4) is 0 Å². The molecule has 0 heterocycles. The molecule has 6 heteroatoms. The number of amides is 1. The summed E-state index contributed by atoms with van der Waals surface area (Å²) in [5.41, 5.74) is 0.493. The van der Waals surface area contributed by atoms with Gasteiger partial charge in [0.2, 0.25) is 5.91 Å². The second-order valence-electron chi connectivity index (χ2n) is 4.58. The number of carbonyl (C=O) groups excluding carboxylic acids is 1. The lowest BCUT2D eigenvalue weighted by molar-refractivity contribution is -0.142. The summed E-state index contributed by atoms with van der Waals surface area (Å²) in [4.78, 5) is 22.3. The van der Waals surface area contributed by atoms with Gasteiger partial charge in [-0.1, -0.05) is 25.1 Å². The number of halogens is 2. The SMILES string of the molecule is CC(CCc1ccccc1F)C(=O)NC(CF)C(=O)O. The Balaban J connectivity index is 2.50. The fraction of sp³-hybridized carbons (Fsp3) is 0.429. The van der Waals surface area contributed by atoms with E-state index in [2.05, 4.69) is 5.32 Å². The Morgan fingerprint density at radius 1 is 1.35 bits per heavy atom. The normalized spacial score (nSPS) is 13.6. The molecule has 20 heavy (non-hydrogen) atoms. The molecular weight excluding hydrogens is 268 g/mol. The van der Waals surface area contributed by atoms with E-state index < -0.39 is 30.5 Å². The molecule has 1 aromatic carbocycles.